The van der Waals surface area contributed by atoms with Gasteiger partial charge < -0.3 is 15.0 Å². The van der Waals surface area contributed by atoms with Crippen LogP contribution in [-0.4, -0.2) is 51.4 Å². The van der Waals surface area contributed by atoms with Crippen LogP contribution in [0.15, 0.2) is 77.7 Å². The van der Waals surface area contributed by atoms with E-state index >= 15 is 0 Å². The molecule has 1 N–H and O–H groups in total. The summed E-state index contributed by atoms with van der Waals surface area (Å²) in [6.07, 6.45) is 1.94. The highest BCUT2D eigenvalue weighted by Gasteiger charge is 2.33. The number of benzene rings is 3. The maximum absolute atomic E-state index is 14.0. The zero-order chi connectivity index (χ0) is 30.0. The lowest BCUT2D eigenvalue weighted by Crippen LogP contribution is -2.52. The van der Waals surface area contributed by atoms with Crippen LogP contribution in [0.25, 0.3) is 0 Å². The molecule has 0 aliphatic heterocycles. The van der Waals surface area contributed by atoms with E-state index in [2.05, 4.69) is 5.32 Å². The van der Waals surface area contributed by atoms with Crippen molar-refractivity contribution in [1.82, 2.24) is 10.2 Å². The van der Waals surface area contributed by atoms with Gasteiger partial charge in [-0.15, -0.1) is 0 Å². The number of amides is 2. The molecule has 0 aliphatic rings. The molecular formula is C30H35ClFN3O5S. The van der Waals surface area contributed by atoms with E-state index in [1.165, 1.54) is 66.6 Å². The second-order valence-corrected chi connectivity index (χ2v) is 11.6. The number of carbonyl (C=O) groups is 2. The van der Waals surface area contributed by atoms with Crippen LogP contribution in [0.5, 0.6) is 5.75 Å². The summed E-state index contributed by atoms with van der Waals surface area (Å²) < 4.78 is 47.5. The summed E-state index contributed by atoms with van der Waals surface area (Å²) in [6, 6.07) is 16.9. The van der Waals surface area contributed by atoms with Crippen molar-refractivity contribution in [3.05, 3.63) is 89.2 Å². The van der Waals surface area contributed by atoms with Gasteiger partial charge in [-0.05, 0) is 60.9 Å². The SMILES string of the molecule is CCCCNC(=O)[C@@H](CC)N(Cc1ccc(F)cc1)C(=O)CN(c1ccc(OC)c(Cl)c1)S(=O)(=O)c1ccccc1. The number of anilines is 1. The molecule has 0 aliphatic carbocycles. The third-order valence-corrected chi connectivity index (χ3v) is 8.60. The van der Waals surface area contributed by atoms with Crippen molar-refractivity contribution in [1.29, 1.82) is 0 Å². The summed E-state index contributed by atoms with van der Waals surface area (Å²) in [6.45, 7) is 3.59. The van der Waals surface area contributed by atoms with E-state index in [4.69, 9.17) is 16.3 Å². The maximum atomic E-state index is 14.0. The van der Waals surface area contributed by atoms with Crippen molar-refractivity contribution in [3.8, 4) is 5.75 Å². The van der Waals surface area contributed by atoms with Crippen molar-refractivity contribution in [2.75, 3.05) is 24.5 Å². The van der Waals surface area contributed by atoms with E-state index in [1.807, 2.05) is 6.92 Å². The predicted molar refractivity (Wildman–Crippen MR) is 158 cm³/mol. The first kappa shape index (κ1) is 31.9. The molecule has 2 amide bonds. The highest BCUT2D eigenvalue weighted by Crippen LogP contribution is 2.32. The lowest BCUT2D eigenvalue weighted by Gasteiger charge is -2.33. The molecule has 3 aromatic carbocycles. The maximum Gasteiger partial charge on any atom is 0.264 e. The number of hydrogen-bond donors (Lipinski definition) is 1. The van der Waals surface area contributed by atoms with E-state index in [0.29, 0.717) is 17.9 Å². The van der Waals surface area contributed by atoms with E-state index in [1.54, 1.807) is 25.1 Å². The fourth-order valence-corrected chi connectivity index (χ4v) is 5.95. The molecule has 1 atom stereocenters. The van der Waals surface area contributed by atoms with Gasteiger partial charge in [0.25, 0.3) is 10.0 Å². The molecule has 3 aromatic rings. The molecular weight excluding hydrogens is 569 g/mol. The molecule has 41 heavy (non-hydrogen) atoms. The van der Waals surface area contributed by atoms with Gasteiger partial charge in [-0.1, -0.05) is 62.2 Å². The van der Waals surface area contributed by atoms with Crippen molar-refractivity contribution in [2.24, 2.45) is 0 Å². The van der Waals surface area contributed by atoms with Gasteiger partial charge in [0.1, 0.15) is 24.2 Å². The monoisotopic (exact) mass is 603 g/mol. The normalized spacial score (nSPS) is 11.9. The number of rotatable bonds is 14. The zero-order valence-corrected chi connectivity index (χ0v) is 24.9. The Morgan fingerprint density at radius 1 is 1.02 bits per heavy atom. The topological polar surface area (TPSA) is 96.0 Å². The zero-order valence-electron chi connectivity index (χ0n) is 23.3. The Morgan fingerprint density at radius 3 is 2.29 bits per heavy atom. The molecule has 0 radical (unpaired) electrons. The Hall–Kier alpha value is -3.63. The van der Waals surface area contributed by atoms with Gasteiger partial charge in [0, 0.05) is 13.1 Å². The average Bonchev–Trinajstić information content (AvgIpc) is 2.97. The van der Waals surface area contributed by atoms with Gasteiger partial charge >= 0.3 is 0 Å². The van der Waals surface area contributed by atoms with Gasteiger partial charge in [0.05, 0.1) is 22.7 Å². The highest BCUT2D eigenvalue weighted by atomic mass is 35.5. The van der Waals surface area contributed by atoms with E-state index < -0.39 is 34.3 Å². The number of sulfonamides is 1. The third-order valence-electron chi connectivity index (χ3n) is 6.52. The molecule has 11 heteroatoms. The van der Waals surface area contributed by atoms with Crippen LogP contribution in [0, 0.1) is 5.82 Å². The third kappa shape index (κ3) is 8.20. The second-order valence-electron chi connectivity index (χ2n) is 9.36. The number of methoxy groups -OCH3 is 1. The molecule has 0 unspecified atom stereocenters. The standard InChI is InChI=1S/C30H35ClFN3O5S/c1-4-6-18-33-30(37)27(5-2)34(20-22-12-14-23(32)15-13-22)29(36)21-35(24-16-17-28(40-3)26(31)19-24)41(38,39)25-10-8-7-9-11-25/h7-17,19,27H,4-6,18,20-21H2,1-3H3,(H,33,37)/t27-/m1/s1. The van der Waals surface area contributed by atoms with Crippen LogP contribution in [0.1, 0.15) is 38.7 Å². The van der Waals surface area contributed by atoms with Crippen LogP contribution in [0.4, 0.5) is 10.1 Å². The van der Waals surface area contributed by atoms with Crippen LogP contribution in [-0.2, 0) is 26.2 Å². The van der Waals surface area contributed by atoms with E-state index in [-0.39, 0.29) is 34.5 Å². The van der Waals surface area contributed by atoms with Crippen molar-refractivity contribution in [2.45, 2.75) is 50.6 Å². The first-order chi connectivity index (χ1) is 19.6. The lowest BCUT2D eigenvalue weighted by atomic mass is 10.1. The number of halogens is 2. The molecule has 0 aromatic heterocycles. The summed E-state index contributed by atoms with van der Waals surface area (Å²) >= 11 is 6.34. The average molecular weight is 604 g/mol. The second kappa shape index (κ2) is 14.8. The molecule has 3 rings (SSSR count). The van der Waals surface area contributed by atoms with Crippen LogP contribution in [0.2, 0.25) is 5.02 Å². The lowest BCUT2D eigenvalue weighted by molar-refractivity contribution is -0.140. The van der Waals surface area contributed by atoms with Crippen LogP contribution in [0.3, 0.4) is 0 Å². The number of hydrogen-bond acceptors (Lipinski definition) is 5. The largest absolute Gasteiger partial charge is 0.495 e. The summed E-state index contributed by atoms with van der Waals surface area (Å²) in [5.74, 6) is -1.06. The molecule has 220 valence electrons. The minimum absolute atomic E-state index is 0.0193. The molecule has 0 fully saturated rings. The number of nitrogens with one attached hydrogen (secondary N) is 1. The molecule has 0 saturated heterocycles. The Balaban J connectivity index is 2.05. The molecule has 0 heterocycles. The first-order valence-corrected chi connectivity index (χ1v) is 15.2. The van der Waals surface area contributed by atoms with Crippen molar-refractivity contribution < 1.29 is 27.1 Å². The van der Waals surface area contributed by atoms with E-state index in [9.17, 15) is 22.4 Å². The van der Waals surface area contributed by atoms with Crippen LogP contribution < -0.4 is 14.4 Å². The number of ether oxygens (including phenoxy) is 1. The van der Waals surface area contributed by atoms with Gasteiger partial charge in [0.2, 0.25) is 11.8 Å². The first-order valence-electron chi connectivity index (χ1n) is 13.3. The Bertz CT molecular complexity index is 1420. The summed E-state index contributed by atoms with van der Waals surface area (Å²) in [5, 5.41) is 3.03. The van der Waals surface area contributed by atoms with Crippen molar-refractivity contribution in [3.63, 3.8) is 0 Å². The summed E-state index contributed by atoms with van der Waals surface area (Å²) in [4.78, 5) is 28.5. The molecule has 8 nitrogen and oxygen atoms in total. The van der Waals surface area contributed by atoms with Gasteiger partial charge in [0.15, 0.2) is 0 Å². The number of nitrogens with zero attached hydrogens (tertiary/aromatic N) is 2. The summed E-state index contributed by atoms with van der Waals surface area (Å²) in [7, 11) is -2.79. The molecule has 0 spiro atoms. The fourth-order valence-electron chi connectivity index (χ4n) is 4.27. The van der Waals surface area contributed by atoms with Crippen LogP contribution >= 0.6 is 11.6 Å². The summed E-state index contributed by atoms with van der Waals surface area (Å²) in [5.41, 5.74) is 0.736. The minimum Gasteiger partial charge on any atom is -0.495 e. The van der Waals surface area contributed by atoms with Gasteiger partial charge in [-0.2, -0.15) is 0 Å². The van der Waals surface area contributed by atoms with Crippen molar-refractivity contribution >= 4 is 39.1 Å². The fraction of sp³-hybridized carbons (Fsp3) is 0.333. The van der Waals surface area contributed by atoms with Gasteiger partial charge in [-0.3, -0.25) is 13.9 Å². The number of unbranched alkanes of at least 4 members (excludes halogenated alkanes) is 1. The molecule has 0 bridgehead atoms. The minimum atomic E-state index is -4.23. The highest BCUT2D eigenvalue weighted by molar-refractivity contribution is 7.92. The van der Waals surface area contributed by atoms with E-state index in [0.717, 1.165) is 17.1 Å². The Kier molecular flexibility index (Phi) is 11.5. The van der Waals surface area contributed by atoms with Gasteiger partial charge in [-0.25, -0.2) is 12.8 Å². The molecule has 0 saturated carbocycles. The predicted octanol–water partition coefficient (Wildman–Crippen LogP) is 5.41. The Morgan fingerprint density at radius 2 is 1.71 bits per heavy atom. The quantitative estimate of drug-likeness (QED) is 0.249. The smallest absolute Gasteiger partial charge is 0.264 e. The number of carbonyl (C=O) groups excluding carboxylic acids is 2. The Labute approximate surface area is 246 Å².